The normalized spacial score (nSPS) is 12.2. The Hall–Kier alpha value is -3.36. The van der Waals surface area contributed by atoms with Crippen molar-refractivity contribution < 1.29 is 23.1 Å². The molecule has 0 aliphatic heterocycles. The first-order chi connectivity index (χ1) is 15.3. The molecule has 0 amide bonds. The van der Waals surface area contributed by atoms with Crippen LogP contribution in [0.25, 0.3) is 0 Å². The van der Waals surface area contributed by atoms with Gasteiger partial charge in [0.25, 0.3) is 0 Å². The second kappa shape index (κ2) is 10.3. The molecule has 8 heteroatoms. The first kappa shape index (κ1) is 23.3. The van der Waals surface area contributed by atoms with Crippen molar-refractivity contribution in [2.75, 3.05) is 19.0 Å². The van der Waals surface area contributed by atoms with E-state index in [-0.39, 0.29) is 10.5 Å². The van der Waals surface area contributed by atoms with Crippen molar-refractivity contribution in [1.82, 2.24) is 4.72 Å². The first-order valence-corrected chi connectivity index (χ1v) is 11.6. The fraction of sp³-hybridized carbons (Fsp3) is 0.208. The Morgan fingerprint density at radius 2 is 1.72 bits per heavy atom. The molecule has 0 unspecified atom stereocenters. The standard InChI is InChI=1S/C24H26N2O5S/c1-17(19-6-4-3-5-7-19)26-32(29,30)23-16-20(24(27)28)10-13-22(23)25-15-14-18-8-11-21(31-2)12-9-18/h3-13,16-17,25-26H,14-15H2,1-2H3,(H,27,28)/t17-/m1/s1. The van der Waals surface area contributed by atoms with Gasteiger partial charge >= 0.3 is 5.97 Å². The van der Waals surface area contributed by atoms with Crippen molar-refractivity contribution >= 4 is 21.7 Å². The van der Waals surface area contributed by atoms with Crippen molar-refractivity contribution in [3.8, 4) is 5.75 Å². The van der Waals surface area contributed by atoms with Gasteiger partial charge in [0.05, 0.1) is 18.4 Å². The number of rotatable bonds is 10. The predicted octanol–water partition coefficient (Wildman–Crippen LogP) is 4.09. The number of carbonyl (C=O) groups is 1. The number of hydrogen-bond donors (Lipinski definition) is 3. The lowest BCUT2D eigenvalue weighted by Gasteiger charge is -2.18. The highest BCUT2D eigenvalue weighted by Crippen LogP contribution is 2.25. The quantitative estimate of drug-likeness (QED) is 0.426. The van der Waals surface area contributed by atoms with Gasteiger partial charge < -0.3 is 15.2 Å². The van der Waals surface area contributed by atoms with Crippen LogP contribution in [0.15, 0.2) is 77.7 Å². The van der Waals surface area contributed by atoms with Crippen molar-refractivity contribution in [1.29, 1.82) is 0 Å². The van der Waals surface area contributed by atoms with E-state index in [1.54, 1.807) is 14.0 Å². The maximum atomic E-state index is 13.2. The Kier molecular flexibility index (Phi) is 7.50. The summed E-state index contributed by atoms with van der Waals surface area (Å²) in [6.07, 6.45) is 0.651. The summed E-state index contributed by atoms with van der Waals surface area (Å²) in [5, 5.41) is 12.5. The summed E-state index contributed by atoms with van der Waals surface area (Å²) in [7, 11) is -2.39. The molecule has 0 saturated heterocycles. The predicted molar refractivity (Wildman–Crippen MR) is 124 cm³/mol. The molecule has 0 heterocycles. The third-order valence-electron chi connectivity index (χ3n) is 5.04. The van der Waals surface area contributed by atoms with Gasteiger partial charge in [-0.1, -0.05) is 42.5 Å². The molecule has 0 aliphatic rings. The van der Waals surface area contributed by atoms with Crippen molar-refractivity contribution in [3.63, 3.8) is 0 Å². The Balaban J connectivity index is 1.80. The van der Waals surface area contributed by atoms with Crippen LogP contribution >= 0.6 is 0 Å². The Morgan fingerprint density at radius 1 is 1.03 bits per heavy atom. The van der Waals surface area contributed by atoms with Crippen LogP contribution in [0, 0.1) is 0 Å². The van der Waals surface area contributed by atoms with E-state index in [1.165, 1.54) is 18.2 Å². The second-order valence-corrected chi connectivity index (χ2v) is 8.98. The minimum absolute atomic E-state index is 0.0987. The fourth-order valence-corrected chi connectivity index (χ4v) is 4.70. The SMILES string of the molecule is COc1ccc(CCNc2ccc(C(=O)O)cc2S(=O)(=O)N[C@H](C)c2ccccc2)cc1. The first-order valence-electron chi connectivity index (χ1n) is 10.1. The van der Waals surface area contributed by atoms with E-state index < -0.39 is 22.0 Å². The highest BCUT2D eigenvalue weighted by atomic mass is 32.2. The van der Waals surface area contributed by atoms with Gasteiger partial charge in [0.2, 0.25) is 10.0 Å². The number of nitrogens with one attached hydrogen (secondary N) is 2. The van der Waals surface area contributed by atoms with E-state index in [9.17, 15) is 18.3 Å². The largest absolute Gasteiger partial charge is 0.497 e. The van der Waals surface area contributed by atoms with Crippen molar-refractivity contribution in [2.45, 2.75) is 24.3 Å². The van der Waals surface area contributed by atoms with Crippen molar-refractivity contribution in [2.24, 2.45) is 0 Å². The zero-order valence-electron chi connectivity index (χ0n) is 17.9. The van der Waals surface area contributed by atoms with E-state index in [0.29, 0.717) is 18.7 Å². The molecule has 3 rings (SSSR count). The van der Waals surface area contributed by atoms with E-state index in [0.717, 1.165) is 16.9 Å². The third kappa shape index (κ3) is 5.87. The molecule has 3 aromatic carbocycles. The molecule has 168 valence electrons. The molecule has 32 heavy (non-hydrogen) atoms. The van der Waals surface area contributed by atoms with Crippen LogP contribution in [0.3, 0.4) is 0 Å². The van der Waals surface area contributed by atoms with Crippen LogP contribution < -0.4 is 14.8 Å². The van der Waals surface area contributed by atoms with Crippen LogP contribution in [0.1, 0.15) is 34.5 Å². The summed E-state index contributed by atoms with van der Waals surface area (Å²) in [5.74, 6) is -0.430. The highest BCUT2D eigenvalue weighted by Gasteiger charge is 2.23. The number of carboxylic acids is 1. The van der Waals surface area contributed by atoms with Gasteiger partial charge in [-0.2, -0.15) is 0 Å². The maximum Gasteiger partial charge on any atom is 0.335 e. The number of carboxylic acid groups (broad SMARTS) is 1. The summed E-state index contributed by atoms with van der Waals surface area (Å²) in [4.78, 5) is 11.3. The summed E-state index contributed by atoms with van der Waals surface area (Å²) in [6, 6.07) is 20.3. The van der Waals surface area contributed by atoms with Crippen molar-refractivity contribution in [3.05, 3.63) is 89.5 Å². The molecule has 7 nitrogen and oxygen atoms in total. The molecule has 0 aromatic heterocycles. The fourth-order valence-electron chi connectivity index (χ4n) is 3.26. The number of methoxy groups -OCH3 is 1. The van der Waals surface area contributed by atoms with Gasteiger partial charge in [-0.25, -0.2) is 17.9 Å². The topological polar surface area (TPSA) is 105 Å². The number of ether oxygens (including phenoxy) is 1. The molecule has 0 fully saturated rings. The van der Waals surface area contributed by atoms with Gasteiger partial charge in [-0.15, -0.1) is 0 Å². The summed E-state index contributed by atoms with van der Waals surface area (Å²) in [5.41, 5.74) is 2.11. The molecule has 1 atom stereocenters. The summed E-state index contributed by atoms with van der Waals surface area (Å²) < 4.78 is 34.1. The number of benzene rings is 3. The molecule has 0 radical (unpaired) electrons. The molecular weight excluding hydrogens is 428 g/mol. The molecule has 0 bridgehead atoms. The lowest BCUT2D eigenvalue weighted by Crippen LogP contribution is -2.28. The van der Waals surface area contributed by atoms with Crippen LogP contribution in [0.2, 0.25) is 0 Å². The Bertz CT molecular complexity index is 1160. The molecule has 0 spiro atoms. The minimum Gasteiger partial charge on any atom is -0.497 e. The van der Waals surface area contributed by atoms with E-state index in [1.807, 2.05) is 54.6 Å². The van der Waals surface area contributed by atoms with Crippen LogP contribution in [-0.2, 0) is 16.4 Å². The van der Waals surface area contributed by atoms with E-state index in [4.69, 9.17) is 4.74 Å². The van der Waals surface area contributed by atoms with E-state index >= 15 is 0 Å². The smallest absolute Gasteiger partial charge is 0.335 e. The highest BCUT2D eigenvalue weighted by molar-refractivity contribution is 7.89. The van der Waals surface area contributed by atoms with E-state index in [2.05, 4.69) is 10.0 Å². The lowest BCUT2D eigenvalue weighted by atomic mass is 10.1. The van der Waals surface area contributed by atoms with Gasteiger partial charge in [-0.3, -0.25) is 0 Å². The Morgan fingerprint density at radius 3 is 2.34 bits per heavy atom. The average Bonchev–Trinajstić information content (AvgIpc) is 2.79. The van der Waals surface area contributed by atoms with Crippen LogP contribution in [-0.4, -0.2) is 33.1 Å². The van der Waals surface area contributed by atoms with Crippen LogP contribution in [0.5, 0.6) is 5.75 Å². The van der Waals surface area contributed by atoms with Crippen LogP contribution in [0.4, 0.5) is 5.69 Å². The number of sulfonamides is 1. The number of hydrogen-bond acceptors (Lipinski definition) is 5. The van der Waals surface area contributed by atoms with Gasteiger partial charge in [0, 0.05) is 12.6 Å². The third-order valence-corrected chi connectivity index (χ3v) is 6.62. The second-order valence-electron chi connectivity index (χ2n) is 7.29. The van der Waals surface area contributed by atoms with Gasteiger partial charge in [-0.05, 0) is 54.8 Å². The molecule has 0 saturated carbocycles. The number of aromatic carboxylic acids is 1. The van der Waals surface area contributed by atoms with Gasteiger partial charge in [0.15, 0.2) is 0 Å². The lowest BCUT2D eigenvalue weighted by molar-refractivity contribution is 0.0696. The molecule has 3 aromatic rings. The summed E-state index contributed by atoms with van der Waals surface area (Å²) >= 11 is 0. The summed E-state index contributed by atoms with van der Waals surface area (Å²) in [6.45, 7) is 2.21. The zero-order chi connectivity index (χ0) is 23.1. The Labute approximate surface area is 188 Å². The number of anilines is 1. The van der Waals surface area contributed by atoms with Gasteiger partial charge in [0.1, 0.15) is 10.6 Å². The average molecular weight is 455 g/mol. The molecular formula is C24H26N2O5S. The molecule has 3 N–H and O–H groups in total. The zero-order valence-corrected chi connectivity index (χ0v) is 18.7. The monoisotopic (exact) mass is 454 g/mol. The minimum atomic E-state index is -3.99. The maximum absolute atomic E-state index is 13.2. The molecule has 0 aliphatic carbocycles.